The highest BCUT2D eigenvalue weighted by atomic mass is 79.9. The van der Waals surface area contributed by atoms with E-state index in [1.54, 1.807) is 24.3 Å². The van der Waals surface area contributed by atoms with E-state index in [2.05, 4.69) is 31.9 Å². The largest absolute Gasteiger partial charge is 0.399 e. The highest BCUT2D eigenvalue weighted by Crippen LogP contribution is 2.34. The van der Waals surface area contributed by atoms with Gasteiger partial charge in [0.25, 0.3) is 0 Å². The molecule has 1 heterocycles. The first-order valence-corrected chi connectivity index (χ1v) is 7.04. The van der Waals surface area contributed by atoms with Crippen LogP contribution in [-0.2, 0) is 0 Å². The molecule has 0 unspecified atom stereocenters. The highest BCUT2D eigenvalue weighted by molar-refractivity contribution is 9.13. The third-order valence-electron chi connectivity index (χ3n) is 2.19. The number of ketones is 1. The van der Waals surface area contributed by atoms with Crippen molar-refractivity contribution in [2.45, 2.75) is 0 Å². The van der Waals surface area contributed by atoms with E-state index in [0.29, 0.717) is 21.8 Å². The maximum atomic E-state index is 12.2. The molecule has 0 saturated heterocycles. The molecule has 17 heavy (non-hydrogen) atoms. The van der Waals surface area contributed by atoms with Gasteiger partial charge in [0, 0.05) is 21.4 Å². The number of thiophene rings is 1. The zero-order valence-corrected chi connectivity index (χ0v) is 12.5. The number of carbonyl (C=O) groups excluding carboxylic acids is 1. The van der Waals surface area contributed by atoms with Gasteiger partial charge in [-0.25, -0.2) is 0 Å². The molecule has 0 aliphatic rings. The number of rotatable bonds is 2. The topological polar surface area (TPSA) is 69.1 Å². The molecule has 0 atom stereocenters. The van der Waals surface area contributed by atoms with Gasteiger partial charge in [0.15, 0.2) is 0 Å². The Morgan fingerprint density at radius 2 is 1.88 bits per heavy atom. The molecule has 88 valence electrons. The van der Waals surface area contributed by atoms with Crippen LogP contribution >= 0.6 is 43.2 Å². The standard InChI is InChI=1S/C11H8Br2N2OS/c12-7-4-9(17-11(7)13)10(16)6-2-1-5(14)3-8(6)15/h1-4H,14-15H2. The van der Waals surface area contributed by atoms with Gasteiger partial charge >= 0.3 is 0 Å². The number of hydrogen-bond donors (Lipinski definition) is 2. The molecule has 0 radical (unpaired) electrons. The van der Waals surface area contributed by atoms with Crippen LogP contribution in [0.4, 0.5) is 11.4 Å². The summed E-state index contributed by atoms with van der Waals surface area (Å²) in [5, 5.41) is 0. The van der Waals surface area contributed by atoms with Gasteiger partial charge in [0.2, 0.25) is 5.78 Å². The van der Waals surface area contributed by atoms with E-state index in [1.165, 1.54) is 11.3 Å². The molecule has 2 aromatic rings. The van der Waals surface area contributed by atoms with Crippen LogP contribution in [0.1, 0.15) is 15.2 Å². The van der Waals surface area contributed by atoms with Crippen LogP contribution in [0.25, 0.3) is 0 Å². The van der Waals surface area contributed by atoms with Crippen molar-refractivity contribution >= 4 is 60.4 Å². The predicted molar refractivity (Wildman–Crippen MR) is 78.4 cm³/mol. The SMILES string of the molecule is Nc1ccc(C(=O)c2cc(Br)c(Br)s2)c(N)c1. The average molecular weight is 376 g/mol. The second-order valence-electron chi connectivity index (χ2n) is 3.41. The van der Waals surface area contributed by atoms with E-state index in [9.17, 15) is 4.79 Å². The van der Waals surface area contributed by atoms with Gasteiger partial charge in [-0.15, -0.1) is 11.3 Å². The van der Waals surface area contributed by atoms with Gasteiger partial charge in [-0.05, 0) is 56.1 Å². The summed E-state index contributed by atoms with van der Waals surface area (Å²) in [5.74, 6) is -0.0982. The van der Waals surface area contributed by atoms with E-state index >= 15 is 0 Å². The van der Waals surface area contributed by atoms with Gasteiger partial charge in [0.1, 0.15) is 0 Å². The van der Waals surface area contributed by atoms with Crippen LogP contribution in [0.2, 0.25) is 0 Å². The Labute approximate surface area is 119 Å². The van der Waals surface area contributed by atoms with Crippen LogP contribution in [0, 0.1) is 0 Å². The van der Waals surface area contributed by atoms with E-state index in [-0.39, 0.29) is 5.78 Å². The summed E-state index contributed by atoms with van der Waals surface area (Å²) < 4.78 is 1.75. The Bertz CT molecular complexity index is 576. The quantitative estimate of drug-likeness (QED) is 0.621. The van der Waals surface area contributed by atoms with E-state index < -0.39 is 0 Å². The number of nitrogen functional groups attached to an aromatic ring is 2. The van der Waals surface area contributed by atoms with Crippen molar-refractivity contribution in [2.75, 3.05) is 11.5 Å². The normalized spacial score (nSPS) is 10.5. The van der Waals surface area contributed by atoms with E-state index in [1.807, 2.05) is 0 Å². The molecule has 4 N–H and O–H groups in total. The molecular weight excluding hydrogens is 368 g/mol. The van der Waals surface area contributed by atoms with Crippen molar-refractivity contribution in [1.82, 2.24) is 0 Å². The minimum Gasteiger partial charge on any atom is -0.399 e. The number of carbonyl (C=O) groups is 1. The third kappa shape index (κ3) is 2.53. The van der Waals surface area contributed by atoms with Crippen LogP contribution in [0.3, 0.4) is 0 Å². The maximum Gasteiger partial charge on any atom is 0.205 e. The first-order valence-electron chi connectivity index (χ1n) is 4.63. The minimum atomic E-state index is -0.0982. The summed E-state index contributed by atoms with van der Waals surface area (Å²) >= 11 is 8.07. The first kappa shape index (κ1) is 12.6. The van der Waals surface area contributed by atoms with Crippen molar-refractivity contribution in [1.29, 1.82) is 0 Å². The van der Waals surface area contributed by atoms with Crippen LogP contribution < -0.4 is 11.5 Å². The summed E-state index contributed by atoms with van der Waals surface area (Å²) in [5.41, 5.74) is 12.8. The minimum absolute atomic E-state index is 0.0982. The summed E-state index contributed by atoms with van der Waals surface area (Å²) in [4.78, 5) is 12.8. The van der Waals surface area contributed by atoms with Crippen molar-refractivity contribution in [3.05, 3.63) is 43.0 Å². The van der Waals surface area contributed by atoms with Crippen LogP contribution in [0.15, 0.2) is 32.5 Å². The second kappa shape index (κ2) is 4.80. The summed E-state index contributed by atoms with van der Waals surface area (Å²) in [7, 11) is 0. The van der Waals surface area contributed by atoms with E-state index in [4.69, 9.17) is 11.5 Å². The maximum absolute atomic E-state index is 12.2. The van der Waals surface area contributed by atoms with Crippen LogP contribution in [0.5, 0.6) is 0 Å². The Hall–Kier alpha value is -0.850. The molecule has 2 rings (SSSR count). The zero-order chi connectivity index (χ0) is 12.6. The van der Waals surface area contributed by atoms with Crippen molar-refractivity contribution in [3.63, 3.8) is 0 Å². The van der Waals surface area contributed by atoms with Crippen molar-refractivity contribution in [3.8, 4) is 0 Å². The van der Waals surface area contributed by atoms with Gasteiger partial charge in [-0.2, -0.15) is 0 Å². The Morgan fingerprint density at radius 3 is 2.41 bits per heavy atom. The van der Waals surface area contributed by atoms with Crippen molar-refractivity contribution < 1.29 is 4.79 Å². The lowest BCUT2D eigenvalue weighted by molar-refractivity contribution is 0.104. The zero-order valence-electron chi connectivity index (χ0n) is 8.54. The Balaban J connectivity index is 2.43. The fourth-order valence-corrected chi connectivity index (χ4v) is 3.37. The smallest absolute Gasteiger partial charge is 0.205 e. The monoisotopic (exact) mass is 374 g/mol. The molecule has 3 nitrogen and oxygen atoms in total. The fourth-order valence-electron chi connectivity index (χ4n) is 1.38. The lowest BCUT2D eigenvalue weighted by atomic mass is 10.1. The molecule has 1 aromatic heterocycles. The number of benzene rings is 1. The summed E-state index contributed by atoms with van der Waals surface area (Å²) in [6, 6.07) is 6.67. The average Bonchev–Trinajstić information content (AvgIpc) is 2.58. The fraction of sp³-hybridized carbons (Fsp3) is 0. The Morgan fingerprint density at radius 1 is 1.18 bits per heavy atom. The molecular formula is C11H8Br2N2OS. The van der Waals surface area contributed by atoms with Crippen molar-refractivity contribution in [2.24, 2.45) is 0 Å². The van der Waals surface area contributed by atoms with Crippen LogP contribution in [-0.4, -0.2) is 5.78 Å². The molecule has 0 aliphatic carbocycles. The number of hydrogen-bond acceptors (Lipinski definition) is 4. The lowest BCUT2D eigenvalue weighted by Gasteiger charge is -2.03. The molecule has 0 fully saturated rings. The van der Waals surface area contributed by atoms with E-state index in [0.717, 1.165) is 8.26 Å². The molecule has 1 aromatic carbocycles. The molecule has 0 amide bonds. The first-order chi connectivity index (χ1) is 7.99. The molecule has 0 bridgehead atoms. The van der Waals surface area contributed by atoms with Gasteiger partial charge in [0.05, 0.1) is 8.66 Å². The lowest BCUT2D eigenvalue weighted by Crippen LogP contribution is -2.04. The summed E-state index contributed by atoms with van der Waals surface area (Å²) in [6.45, 7) is 0. The molecule has 0 saturated carbocycles. The number of anilines is 2. The van der Waals surface area contributed by atoms with Gasteiger partial charge in [-0.1, -0.05) is 0 Å². The van der Waals surface area contributed by atoms with Gasteiger partial charge < -0.3 is 11.5 Å². The summed E-state index contributed by atoms with van der Waals surface area (Å²) in [6.07, 6.45) is 0. The predicted octanol–water partition coefficient (Wildman–Crippen LogP) is 3.67. The van der Waals surface area contributed by atoms with Gasteiger partial charge in [-0.3, -0.25) is 4.79 Å². The highest BCUT2D eigenvalue weighted by Gasteiger charge is 2.16. The number of halogens is 2. The second-order valence-corrected chi connectivity index (χ2v) is 6.63. The molecule has 0 spiro atoms. The Kier molecular flexibility index (Phi) is 3.56. The molecule has 0 aliphatic heterocycles. The number of nitrogens with two attached hydrogens (primary N) is 2. The molecule has 6 heteroatoms. The third-order valence-corrected chi connectivity index (χ3v) is 5.44.